The summed E-state index contributed by atoms with van der Waals surface area (Å²) in [6.45, 7) is 0. The topological polar surface area (TPSA) is 25.8 Å². The van der Waals surface area contributed by atoms with Crippen LogP contribution in [-0.4, -0.2) is 9.97 Å². The largest absolute Gasteiger partial charge is 0.225 e. The molecule has 3 rings (SSSR count). The van der Waals surface area contributed by atoms with Crippen LogP contribution in [0.25, 0.3) is 11.3 Å². The van der Waals surface area contributed by atoms with Crippen molar-refractivity contribution in [3.05, 3.63) is 46.3 Å². The van der Waals surface area contributed by atoms with Gasteiger partial charge in [0.2, 0.25) is 5.28 Å². The fraction of sp³-hybridized carbons (Fsp3) is 0.375. The van der Waals surface area contributed by atoms with E-state index in [-0.39, 0.29) is 5.28 Å². The molecule has 0 N–H and O–H groups in total. The zero-order valence-corrected chi connectivity index (χ0v) is 12.7. The Labute approximate surface area is 129 Å². The highest BCUT2D eigenvalue weighted by molar-refractivity contribution is 6.33. The van der Waals surface area contributed by atoms with Gasteiger partial charge in [0.1, 0.15) is 0 Å². The van der Waals surface area contributed by atoms with Crippen molar-refractivity contribution < 1.29 is 0 Å². The first-order valence-corrected chi connectivity index (χ1v) is 7.78. The van der Waals surface area contributed by atoms with Crippen molar-refractivity contribution in [3.63, 3.8) is 0 Å². The number of nitrogens with zero attached hydrogens (tertiary/aromatic N) is 2. The van der Waals surface area contributed by atoms with Crippen molar-refractivity contribution >= 4 is 23.2 Å². The zero-order chi connectivity index (χ0) is 13.9. The lowest BCUT2D eigenvalue weighted by Crippen LogP contribution is -2.04. The molecule has 1 aliphatic carbocycles. The predicted molar refractivity (Wildman–Crippen MR) is 83.3 cm³/mol. The fourth-order valence-corrected chi connectivity index (χ4v) is 3.26. The monoisotopic (exact) mass is 306 g/mol. The summed E-state index contributed by atoms with van der Waals surface area (Å²) in [7, 11) is 0. The molecule has 0 saturated heterocycles. The average molecular weight is 307 g/mol. The van der Waals surface area contributed by atoms with Crippen LogP contribution in [0.15, 0.2) is 30.5 Å². The first kappa shape index (κ1) is 13.8. The second-order valence-corrected chi connectivity index (χ2v) is 6.04. The van der Waals surface area contributed by atoms with Crippen molar-refractivity contribution in [1.82, 2.24) is 9.97 Å². The summed E-state index contributed by atoms with van der Waals surface area (Å²) in [6, 6.07) is 8.50. The molecule has 1 aromatic carbocycles. The van der Waals surface area contributed by atoms with Gasteiger partial charge in [-0.25, -0.2) is 9.97 Å². The van der Waals surface area contributed by atoms with E-state index in [1.807, 2.05) is 6.07 Å². The molecule has 1 fully saturated rings. The van der Waals surface area contributed by atoms with Gasteiger partial charge in [0, 0.05) is 5.56 Å². The van der Waals surface area contributed by atoms with E-state index >= 15 is 0 Å². The zero-order valence-electron chi connectivity index (χ0n) is 11.1. The molecule has 0 radical (unpaired) electrons. The molecule has 104 valence electrons. The van der Waals surface area contributed by atoms with Crippen molar-refractivity contribution in [2.75, 3.05) is 0 Å². The smallest absolute Gasteiger partial charge is 0.222 e. The summed E-state index contributed by atoms with van der Waals surface area (Å²) in [5.74, 6) is 0.666. The number of rotatable bonds is 2. The highest BCUT2D eigenvalue weighted by atomic mass is 35.5. The Kier molecular flexibility index (Phi) is 4.23. The van der Waals surface area contributed by atoms with Gasteiger partial charge < -0.3 is 0 Å². The van der Waals surface area contributed by atoms with Gasteiger partial charge in [-0.05, 0) is 42.0 Å². The number of hydrogen-bond acceptors (Lipinski definition) is 2. The van der Waals surface area contributed by atoms with Crippen LogP contribution in [0, 0.1) is 0 Å². The molecule has 0 bridgehead atoms. The Hall–Kier alpha value is -1.12. The van der Waals surface area contributed by atoms with Gasteiger partial charge in [-0.3, -0.25) is 0 Å². The highest BCUT2D eigenvalue weighted by Gasteiger charge is 2.16. The van der Waals surface area contributed by atoms with E-state index in [1.54, 1.807) is 6.20 Å². The maximum absolute atomic E-state index is 6.19. The molecule has 2 nitrogen and oxygen atoms in total. The van der Waals surface area contributed by atoms with Crippen LogP contribution >= 0.6 is 23.2 Å². The molecule has 2 aromatic rings. The normalized spacial score (nSPS) is 16.3. The summed E-state index contributed by atoms with van der Waals surface area (Å²) < 4.78 is 0. The Morgan fingerprint density at radius 1 is 1.05 bits per heavy atom. The van der Waals surface area contributed by atoms with Crippen molar-refractivity contribution in [2.45, 2.75) is 38.0 Å². The molecular weight excluding hydrogens is 291 g/mol. The van der Waals surface area contributed by atoms with Gasteiger partial charge in [-0.1, -0.05) is 49.1 Å². The van der Waals surface area contributed by atoms with Crippen LogP contribution in [0.5, 0.6) is 0 Å². The van der Waals surface area contributed by atoms with Crippen molar-refractivity contribution in [2.24, 2.45) is 0 Å². The third-order valence-corrected chi connectivity index (χ3v) is 4.41. The highest BCUT2D eigenvalue weighted by Crippen LogP contribution is 2.35. The minimum atomic E-state index is 0.229. The third-order valence-electron chi connectivity index (χ3n) is 3.95. The second-order valence-electron chi connectivity index (χ2n) is 5.30. The summed E-state index contributed by atoms with van der Waals surface area (Å²) in [6.07, 6.45) is 8.14. The number of benzene rings is 1. The van der Waals surface area contributed by atoms with Crippen LogP contribution in [0.2, 0.25) is 10.3 Å². The summed E-state index contributed by atoms with van der Waals surface area (Å²) in [4.78, 5) is 8.15. The Morgan fingerprint density at radius 3 is 2.65 bits per heavy atom. The van der Waals surface area contributed by atoms with Gasteiger partial charge in [-0.2, -0.15) is 0 Å². The van der Waals surface area contributed by atoms with Crippen LogP contribution in [0.3, 0.4) is 0 Å². The van der Waals surface area contributed by atoms with Gasteiger partial charge >= 0.3 is 0 Å². The molecule has 20 heavy (non-hydrogen) atoms. The van der Waals surface area contributed by atoms with E-state index in [0.717, 1.165) is 5.56 Å². The molecular formula is C16H16Cl2N2. The predicted octanol–water partition coefficient (Wildman–Crippen LogP) is 5.50. The van der Waals surface area contributed by atoms with Gasteiger partial charge in [-0.15, -0.1) is 0 Å². The standard InChI is InChI=1S/C16H16Cl2N2/c17-14-10-19-16(18)20-15(14)13-8-4-7-12(9-13)11-5-2-1-3-6-11/h4,7-11H,1-3,5-6H2. The summed E-state index contributed by atoms with van der Waals surface area (Å²) >= 11 is 12.1. The number of hydrogen-bond donors (Lipinski definition) is 0. The Bertz CT molecular complexity index is 607. The van der Waals surface area contributed by atoms with E-state index in [2.05, 4.69) is 28.2 Å². The maximum Gasteiger partial charge on any atom is 0.222 e. The van der Waals surface area contributed by atoms with E-state index in [4.69, 9.17) is 23.2 Å². The average Bonchev–Trinajstić information content (AvgIpc) is 2.51. The van der Waals surface area contributed by atoms with Crippen molar-refractivity contribution in [1.29, 1.82) is 0 Å². The lowest BCUT2D eigenvalue weighted by molar-refractivity contribution is 0.443. The van der Waals surface area contributed by atoms with Crippen molar-refractivity contribution in [3.8, 4) is 11.3 Å². The molecule has 0 unspecified atom stereocenters. The second kappa shape index (κ2) is 6.11. The van der Waals surface area contributed by atoms with E-state index in [0.29, 0.717) is 16.6 Å². The minimum absolute atomic E-state index is 0.229. The number of aromatic nitrogens is 2. The first-order valence-electron chi connectivity index (χ1n) is 7.02. The molecule has 0 spiro atoms. The van der Waals surface area contributed by atoms with E-state index in [1.165, 1.54) is 37.7 Å². The molecule has 1 aromatic heterocycles. The maximum atomic E-state index is 6.19. The molecule has 0 amide bonds. The lowest BCUT2D eigenvalue weighted by atomic mass is 9.83. The quantitative estimate of drug-likeness (QED) is 0.685. The fourth-order valence-electron chi connectivity index (χ4n) is 2.92. The SMILES string of the molecule is Clc1ncc(Cl)c(-c2cccc(C3CCCCC3)c2)n1. The van der Waals surface area contributed by atoms with Crippen LogP contribution < -0.4 is 0 Å². The first-order chi connectivity index (χ1) is 9.74. The molecule has 0 atom stereocenters. The third kappa shape index (κ3) is 2.97. The number of halogens is 2. The molecule has 4 heteroatoms. The lowest BCUT2D eigenvalue weighted by Gasteiger charge is -2.22. The minimum Gasteiger partial charge on any atom is -0.225 e. The van der Waals surface area contributed by atoms with Gasteiger partial charge in [0.05, 0.1) is 16.9 Å². The molecule has 1 heterocycles. The van der Waals surface area contributed by atoms with Gasteiger partial charge in [0.25, 0.3) is 0 Å². The van der Waals surface area contributed by atoms with Crippen LogP contribution in [0.1, 0.15) is 43.6 Å². The summed E-state index contributed by atoms with van der Waals surface area (Å²) in [5, 5.41) is 0.766. The molecule has 1 saturated carbocycles. The van der Waals surface area contributed by atoms with Crippen LogP contribution in [-0.2, 0) is 0 Å². The molecule has 1 aliphatic rings. The van der Waals surface area contributed by atoms with E-state index in [9.17, 15) is 0 Å². The van der Waals surface area contributed by atoms with Crippen LogP contribution in [0.4, 0.5) is 0 Å². The molecule has 0 aliphatic heterocycles. The van der Waals surface area contributed by atoms with E-state index < -0.39 is 0 Å². The van der Waals surface area contributed by atoms with Gasteiger partial charge in [0.15, 0.2) is 0 Å². The summed E-state index contributed by atoms with van der Waals surface area (Å²) in [5.41, 5.74) is 3.11. The Morgan fingerprint density at radius 2 is 1.85 bits per heavy atom. The Balaban J connectivity index is 1.96.